The molecule has 1 aliphatic rings. The molecule has 0 bridgehead atoms. The molecule has 1 saturated carbocycles. The van der Waals surface area contributed by atoms with Crippen molar-refractivity contribution in [3.63, 3.8) is 0 Å². The molecule has 202 valence electrons. The van der Waals surface area contributed by atoms with Gasteiger partial charge in [-0.15, -0.1) is 29.3 Å². The molecular weight excluding hydrogens is 515 g/mol. The summed E-state index contributed by atoms with van der Waals surface area (Å²) >= 11 is 0. The van der Waals surface area contributed by atoms with E-state index in [1.807, 2.05) is 30.3 Å². The van der Waals surface area contributed by atoms with E-state index in [0.29, 0.717) is 0 Å². The summed E-state index contributed by atoms with van der Waals surface area (Å²) in [5.41, 5.74) is 6.80. The number of benzene rings is 4. The van der Waals surface area contributed by atoms with Crippen LogP contribution in [0.25, 0.3) is 17.2 Å². The Morgan fingerprint density at radius 1 is 0.487 bits per heavy atom. The first kappa shape index (κ1) is 30.4. The van der Waals surface area contributed by atoms with E-state index < -0.39 is 0 Å². The van der Waals surface area contributed by atoms with Crippen molar-refractivity contribution in [2.75, 3.05) is 0 Å². The normalized spacial score (nSPS) is 22.8. The summed E-state index contributed by atoms with van der Waals surface area (Å²) in [4.78, 5) is 0. The zero-order chi connectivity index (χ0) is 26.9. The second kappa shape index (κ2) is 14.9. The number of allylic oxidation sites excluding steroid dienone is 2. The molecular formula is C38H41Ni+. The van der Waals surface area contributed by atoms with Crippen molar-refractivity contribution in [2.24, 2.45) is 29.6 Å². The first-order valence-corrected chi connectivity index (χ1v) is 14.0. The topological polar surface area (TPSA) is 0 Å². The van der Waals surface area contributed by atoms with Crippen LogP contribution in [0.15, 0.2) is 121 Å². The van der Waals surface area contributed by atoms with Gasteiger partial charge in [0.2, 0.25) is 0 Å². The quantitative estimate of drug-likeness (QED) is 0.0993. The standard InChI is InChI=1S/C28H21.C10H20.Ni/c1-5-13-23(14-6-1)21-27(25-17-9-3-10-18-25)28(26-19-11-4-12-20-26)22-24-15-7-2-8-16-24;1-6-7(2)9(4)10(5)8(6)3;/h1-21H;6-10H,1-5H3;/q-1;;+2/b27-21-;;. The Morgan fingerprint density at radius 3 is 1.28 bits per heavy atom. The molecule has 1 fully saturated rings. The monoisotopic (exact) mass is 555 g/mol. The van der Waals surface area contributed by atoms with Gasteiger partial charge in [0, 0.05) is 0 Å². The van der Waals surface area contributed by atoms with Crippen LogP contribution in [-0.2, 0) is 16.5 Å². The molecule has 0 saturated heterocycles. The van der Waals surface area contributed by atoms with E-state index in [2.05, 4.69) is 138 Å². The number of hydrogen-bond acceptors (Lipinski definition) is 0. The second-order valence-electron chi connectivity index (χ2n) is 10.9. The van der Waals surface area contributed by atoms with Crippen LogP contribution < -0.4 is 0 Å². The SMILES string of the molecule is CC1C(C)C(C)C(C)C1C.[C-](=C(/C(=C\c1ccccc1)c1ccccc1)c1ccccc1)c1ccccc1.[Ni+2]. The van der Waals surface area contributed by atoms with Gasteiger partial charge in [0.25, 0.3) is 0 Å². The number of rotatable bonds is 5. The molecule has 0 amide bonds. The van der Waals surface area contributed by atoms with Gasteiger partial charge in [-0.25, -0.2) is 0 Å². The maximum Gasteiger partial charge on any atom is 2.00 e. The maximum absolute atomic E-state index is 3.66. The summed E-state index contributed by atoms with van der Waals surface area (Å²) in [7, 11) is 0. The van der Waals surface area contributed by atoms with E-state index in [9.17, 15) is 0 Å². The van der Waals surface area contributed by atoms with Gasteiger partial charge in [-0.05, 0) is 35.2 Å². The van der Waals surface area contributed by atoms with Crippen molar-refractivity contribution < 1.29 is 16.5 Å². The Balaban J connectivity index is 0.000000324. The minimum absolute atomic E-state index is 0. The Hall–Kier alpha value is -3.15. The Labute approximate surface area is 246 Å². The van der Waals surface area contributed by atoms with E-state index in [0.717, 1.165) is 51.9 Å². The molecule has 1 heteroatoms. The van der Waals surface area contributed by atoms with Gasteiger partial charge in [-0.1, -0.05) is 167 Å². The molecule has 0 N–H and O–H groups in total. The third-order valence-corrected chi connectivity index (χ3v) is 8.72. The maximum atomic E-state index is 3.66. The van der Waals surface area contributed by atoms with Crippen LogP contribution in [0.2, 0.25) is 0 Å². The van der Waals surface area contributed by atoms with E-state index in [1.54, 1.807) is 0 Å². The summed E-state index contributed by atoms with van der Waals surface area (Å²) in [5.74, 6) is 4.68. The summed E-state index contributed by atoms with van der Waals surface area (Å²) in [5, 5.41) is 0. The predicted octanol–water partition coefficient (Wildman–Crippen LogP) is 10.3. The zero-order valence-electron chi connectivity index (χ0n) is 23.8. The zero-order valence-corrected chi connectivity index (χ0v) is 24.8. The van der Waals surface area contributed by atoms with Crippen molar-refractivity contribution in [1.29, 1.82) is 0 Å². The third-order valence-electron chi connectivity index (χ3n) is 8.72. The Morgan fingerprint density at radius 2 is 0.846 bits per heavy atom. The minimum Gasteiger partial charge on any atom is -0.123 e. The van der Waals surface area contributed by atoms with E-state index in [4.69, 9.17) is 0 Å². The molecule has 0 aromatic heterocycles. The molecule has 0 nitrogen and oxygen atoms in total. The fourth-order valence-electron chi connectivity index (χ4n) is 5.59. The van der Waals surface area contributed by atoms with Crippen LogP contribution in [0.1, 0.15) is 56.9 Å². The van der Waals surface area contributed by atoms with Crippen LogP contribution in [0, 0.1) is 35.7 Å². The summed E-state index contributed by atoms with van der Waals surface area (Å²) < 4.78 is 0. The number of hydrogen-bond donors (Lipinski definition) is 0. The molecule has 4 aromatic carbocycles. The molecule has 0 heterocycles. The van der Waals surface area contributed by atoms with Crippen LogP contribution in [0.3, 0.4) is 0 Å². The molecule has 0 aliphatic heterocycles. The summed E-state index contributed by atoms with van der Waals surface area (Å²) in [6, 6.07) is 41.8. The average molecular weight is 556 g/mol. The molecule has 5 rings (SSSR count). The van der Waals surface area contributed by atoms with Crippen LogP contribution in [-0.4, -0.2) is 0 Å². The van der Waals surface area contributed by atoms with Gasteiger partial charge in [0.05, 0.1) is 0 Å². The van der Waals surface area contributed by atoms with Crippen LogP contribution >= 0.6 is 0 Å². The van der Waals surface area contributed by atoms with Gasteiger partial charge in [0.15, 0.2) is 0 Å². The third kappa shape index (κ3) is 7.94. The van der Waals surface area contributed by atoms with Crippen molar-refractivity contribution in [3.05, 3.63) is 150 Å². The van der Waals surface area contributed by atoms with Gasteiger partial charge in [0.1, 0.15) is 0 Å². The second-order valence-corrected chi connectivity index (χ2v) is 10.9. The molecule has 0 atom stereocenters. The molecule has 1 aliphatic carbocycles. The molecule has 4 aromatic rings. The molecule has 39 heavy (non-hydrogen) atoms. The van der Waals surface area contributed by atoms with E-state index >= 15 is 0 Å². The molecule has 0 spiro atoms. The van der Waals surface area contributed by atoms with Gasteiger partial charge in [-0.3, -0.25) is 0 Å². The van der Waals surface area contributed by atoms with E-state index in [-0.39, 0.29) is 16.5 Å². The van der Waals surface area contributed by atoms with Gasteiger partial charge >= 0.3 is 16.5 Å². The smallest absolute Gasteiger partial charge is 0.123 e. The van der Waals surface area contributed by atoms with E-state index in [1.165, 1.54) is 11.1 Å². The summed E-state index contributed by atoms with van der Waals surface area (Å²) in [6.45, 7) is 12.0. The Kier molecular flexibility index (Phi) is 11.6. The summed E-state index contributed by atoms with van der Waals surface area (Å²) in [6.07, 6.45) is 5.91. The fourth-order valence-corrected chi connectivity index (χ4v) is 5.59. The fraction of sp³-hybridized carbons (Fsp3) is 0.263. The first-order chi connectivity index (χ1) is 18.5. The van der Waals surface area contributed by atoms with Crippen molar-refractivity contribution in [1.82, 2.24) is 0 Å². The van der Waals surface area contributed by atoms with Gasteiger partial charge < -0.3 is 0 Å². The van der Waals surface area contributed by atoms with Crippen molar-refractivity contribution in [3.8, 4) is 0 Å². The predicted molar refractivity (Wildman–Crippen MR) is 165 cm³/mol. The minimum atomic E-state index is 0. The van der Waals surface area contributed by atoms with Crippen molar-refractivity contribution >= 4 is 17.2 Å². The average Bonchev–Trinajstić information content (AvgIpc) is 3.14. The van der Waals surface area contributed by atoms with Crippen molar-refractivity contribution in [2.45, 2.75) is 34.6 Å². The first-order valence-electron chi connectivity index (χ1n) is 14.0. The molecule has 0 radical (unpaired) electrons. The Bertz CT molecular complexity index is 1170. The van der Waals surface area contributed by atoms with Crippen LogP contribution in [0.5, 0.6) is 0 Å². The molecule has 0 unspecified atom stereocenters. The van der Waals surface area contributed by atoms with Crippen LogP contribution in [0.4, 0.5) is 0 Å². The van der Waals surface area contributed by atoms with Gasteiger partial charge in [-0.2, -0.15) is 0 Å². The largest absolute Gasteiger partial charge is 2.00 e.